The Labute approximate surface area is 212 Å². The maximum absolute atomic E-state index is 12.7. The van der Waals surface area contributed by atoms with Gasteiger partial charge in [-0.1, -0.05) is 48.0 Å². The molecule has 0 spiro atoms. The van der Waals surface area contributed by atoms with E-state index in [4.69, 9.17) is 12.2 Å². The van der Waals surface area contributed by atoms with Gasteiger partial charge in [-0.25, -0.2) is 9.67 Å². The highest BCUT2D eigenvalue weighted by Crippen LogP contribution is 2.25. The van der Waals surface area contributed by atoms with Crippen molar-refractivity contribution in [1.29, 1.82) is 0 Å². The zero-order valence-corrected chi connectivity index (χ0v) is 21.4. The molecule has 8 nitrogen and oxygen atoms in total. The molecule has 0 saturated heterocycles. The molecule has 2 aromatic carbocycles. The van der Waals surface area contributed by atoms with Crippen LogP contribution in [0.5, 0.6) is 0 Å². The second-order valence-corrected chi connectivity index (χ2v) is 9.27. The maximum Gasteiger partial charge on any atom is 0.251 e. The van der Waals surface area contributed by atoms with E-state index >= 15 is 0 Å². The molecule has 0 radical (unpaired) electrons. The first kappa shape index (κ1) is 24.5. The monoisotopic (exact) mass is 506 g/mol. The number of nitrogens with zero attached hydrogens (tertiary/aromatic N) is 4. The first-order valence-corrected chi connectivity index (χ1v) is 12.5. The summed E-state index contributed by atoms with van der Waals surface area (Å²) in [4.78, 5) is 29.8. The summed E-state index contributed by atoms with van der Waals surface area (Å²) in [5.74, 6) is 0.127. The molecule has 180 valence electrons. The highest BCUT2D eigenvalue weighted by atomic mass is 32.1. The van der Waals surface area contributed by atoms with Gasteiger partial charge in [0.2, 0.25) is 5.91 Å². The lowest BCUT2D eigenvalue weighted by atomic mass is 10.1. The van der Waals surface area contributed by atoms with Crippen molar-refractivity contribution in [3.05, 3.63) is 81.2 Å². The molecule has 2 aromatic heterocycles. The van der Waals surface area contributed by atoms with E-state index in [-0.39, 0.29) is 24.9 Å². The molecule has 2 N–H and O–H groups in total. The van der Waals surface area contributed by atoms with E-state index < -0.39 is 0 Å². The van der Waals surface area contributed by atoms with Crippen molar-refractivity contribution in [2.45, 2.75) is 40.4 Å². The number of carbonyl (C=O) groups is 2. The predicted molar refractivity (Wildman–Crippen MR) is 140 cm³/mol. The van der Waals surface area contributed by atoms with Crippen LogP contribution in [0.1, 0.15) is 34.2 Å². The van der Waals surface area contributed by atoms with E-state index in [1.165, 1.54) is 21.6 Å². The molecule has 2 amide bonds. The number of nitrogens with one attached hydrogen (secondary N) is 2. The molecule has 0 aliphatic carbocycles. The summed E-state index contributed by atoms with van der Waals surface area (Å²) in [7, 11) is 0. The van der Waals surface area contributed by atoms with Crippen LogP contribution in [0.3, 0.4) is 0 Å². The van der Waals surface area contributed by atoms with Crippen molar-refractivity contribution >= 4 is 40.5 Å². The third kappa shape index (κ3) is 5.72. The van der Waals surface area contributed by atoms with Crippen molar-refractivity contribution in [2.75, 3.05) is 5.32 Å². The molecule has 0 fully saturated rings. The van der Waals surface area contributed by atoms with Crippen molar-refractivity contribution < 1.29 is 9.59 Å². The number of carbonyl (C=O) groups excluding carboxylic acids is 2. The number of anilines is 1. The number of aryl methyl sites for hydroxylation is 2. The summed E-state index contributed by atoms with van der Waals surface area (Å²) in [6, 6.07) is 15.5. The summed E-state index contributed by atoms with van der Waals surface area (Å²) in [5, 5.41) is 12.6. The number of benzene rings is 2. The molecule has 0 atom stereocenters. The lowest BCUT2D eigenvalue weighted by molar-refractivity contribution is -0.116. The number of thiazole rings is 1. The second kappa shape index (κ2) is 10.7. The van der Waals surface area contributed by atoms with Gasteiger partial charge in [-0.15, -0.1) is 11.3 Å². The fraction of sp³-hybridized carbons (Fsp3) is 0.240. The van der Waals surface area contributed by atoms with E-state index in [1.54, 1.807) is 10.6 Å². The number of hydrogen-bond acceptors (Lipinski definition) is 6. The number of rotatable bonds is 8. The van der Waals surface area contributed by atoms with Crippen LogP contribution < -0.4 is 10.6 Å². The number of hydrogen-bond donors (Lipinski definition) is 2. The lowest BCUT2D eigenvalue weighted by Crippen LogP contribution is -2.25. The molecule has 0 saturated carbocycles. The van der Waals surface area contributed by atoms with E-state index in [0.29, 0.717) is 27.8 Å². The molecule has 0 bridgehead atoms. The van der Waals surface area contributed by atoms with Crippen LogP contribution in [0.4, 0.5) is 5.13 Å². The normalized spacial score (nSPS) is 10.8. The summed E-state index contributed by atoms with van der Waals surface area (Å²) in [6.07, 6.45) is 0. The van der Waals surface area contributed by atoms with E-state index in [2.05, 4.69) is 20.7 Å². The fourth-order valence-electron chi connectivity index (χ4n) is 3.60. The van der Waals surface area contributed by atoms with Crippen LogP contribution in [0.25, 0.3) is 11.3 Å². The van der Waals surface area contributed by atoms with Crippen LogP contribution in [0.2, 0.25) is 0 Å². The van der Waals surface area contributed by atoms with Gasteiger partial charge in [-0.3, -0.25) is 9.59 Å². The lowest BCUT2D eigenvalue weighted by Gasteiger charge is -2.07. The van der Waals surface area contributed by atoms with E-state index in [9.17, 15) is 9.59 Å². The Morgan fingerprint density at radius 2 is 1.83 bits per heavy atom. The summed E-state index contributed by atoms with van der Waals surface area (Å²) in [5.41, 5.74) is 4.49. The molecule has 35 heavy (non-hydrogen) atoms. The number of aromatic nitrogens is 4. The van der Waals surface area contributed by atoms with Crippen LogP contribution in [0.15, 0.2) is 53.9 Å². The largest absolute Gasteiger partial charge is 0.345 e. The Hall–Kier alpha value is -3.63. The first-order valence-electron chi connectivity index (χ1n) is 11.2. The Morgan fingerprint density at radius 1 is 1.09 bits per heavy atom. The molecule has 0 aliphatic heterocycles. The topological polar surface area (TPSA) is 93.8 Å². The molecule has 0 unspecified atom stereocenters. The summed E-state index contributed by atoms with van der Waals surface area (Å²) >= 11 is 6.89. The zero-order chi connectivity index (χ0) is 24.9. The third-order valence-corrected chi connectivity index (χ3v) is 6.69. The zero-order valence-electron chi connectivity index (χ0n) is 19.7. The quantitative estimate of drug-likeness (QED) is 0.337. The smallest absolute Gasteiger partial charge is 0.251 e. The highest BCUT2D eigenvalue weighted by Gasteiger charge is 2.15. The average molecular weight is 507 g/mol. The molecule has 2 heterocycles. The van der Waals surface area contributed by atoms with Crippen LogP contribution >= 0.6 is 23.6 Å². The Bertz CT molecular complexity index is 1420. The molecule has 4 aromatic rings. The van der Waals surface area contributed by atoms with Crippen molar-refractivity contribution in [2.24, 2.45) is 0 Å². The van der Waals surface area contributed by atoms with Gasteiger partial charge in [0.15, 0.2) is 15.7 Å². The van der Waals surface area contributed by atoms with Gasteiger partial charge in [0.1, 0.15) is 6.54 Å². The predicted octanol–water partition coefficient (Wildman–Crippen LogP) is 4.74. The summed E-state index contributed by atoms with van der Waals surface area (Å²) in [6.45, 7) is 6.59. The minimum absolute atomic E-state index is 0.0516. The molecule has 0 aliphatic rings. The highest BCUT2D eigenvalue weighted by molar-refractivity contribution is 7.71. The van der Waals surface area contributed by atoms with Gasteiger partial charge in [-0.05, 0) is 44.6 Å². The Kier molecular flexibility index (Phi) is 7.52. The van der Waals surface area contributed by atoms with Crippen molar-refractivity contribution in [3.8, 4) is 11.3 Å². The molecule has 10 heteroatoms. The number of amides is 2. The van der Waals surface area contributed by atoms with Crippen molar-refractivity contribution in [1.82, 2.24) is 24.6 Å². The van der Waals surface area contributed by atoms with Gasteiger partial charge in [0, 0.05) is 23.1 Å². The van der Waals surface area contributed by atoms with Gasteiger partial charge in [0.25, 0.3) is 5.91 Å². The minimum Gasteiger partial charge on any atom is -0.345 e. The second-order valence-electron chi connectivity index (χ2n) is 8.05. The average Bonchev–Trinajstić information content (AvgIpc) is 3.42. The van der Waals surface area contributed by atoms with Crippen LogP contribution in [0, 0.1) is 18.6 Å². The minimum atomic E-state index is -0.276. The Balaban J connectivity index is 1.42. The van der Waals surface area contributed by atoms with Crippen molar-refractivity contribution in [3.63, 3.8) is 0 Å². The first-order chi connectivity index (χ1) is 16.9. The Morgan fingerprint density at radius 3 is 2.54 bits per heavy atom. The standard InChI is InChI=1S/C25H26N6O2S2/c1-4-30-21(13-26-23(33)19-8-6-5-7-17(19)3)29-31(25(30)34)14-22(32)28-24-27-20(15-35-24)18-11-9-16(2)10-12-18/h5-12,15H,4,13-14H2,1-3H3,(H,26,33)(H,27,28,32). The SMILES string of the molecule is CCn1c(CNC(=O)c2ccccc2C)nn(CC(=O)Nc2nc(-c3ccc(C)cc3)cs2)c1=S. The third-order valence-electron chi connectivity index (χ3n) is 5.50. The fourth-order valence-corrected chi connectivity index (χ4v) is 4.68. The van der Waals surface area contributed by atoms with Crippen LogP contribution in [-0.4, -0.2) is 31.1 Å². The van der Waals surface area contributed by atoms with Gasteiger partial charge in [0.05, 0.1) is 12.2 Å². The van der Waals surface area contributed by atoms with Gasteiger partial charge in [-0.2, -0.15) is 5.10 Å². The maximum atomic E-state index is 12.7. The van der Waals surface area contributed by atoms with Crippen LogP contribution in [-0.2, 0) is 24.4 Å². The molecular weight excluding hydrogens is 480 g/mol. The molecular formula is C25H26N6O2S2. The van der Waals surface area contributed by atoms with E-state index in [1.807, 2.05) is 68.6 Å². The van der Waals surface area contributed by atoms with E-state index in [0.717, 1.165) is 16.8 Å². The summed E-state index contributed by atoms with van der Waals surface area (Å²) < 4.78 is 3.69. The van der Waals surface area contributed by atoms with Gasteiger partial charge >= 0.3 is 0 Å². The van der Waals surface area contributed by atoms with Gasteiger partial charge < -0.3 is 15.2 Å². The molecule has 4 rings (SSSR count).